The van der Waals surface area contributed by atoms with Crippen molar-refractivity contribution in [2.45, 2.75) is 46.6 Å². The van der Waals surface area contributed by atoms with Crippen molar-refractivity contribution in [1.82, 2.24) is 0 Å². The van der Waals surface area contributed by atoms with Gasteiger partial charge < -0.3 is 23.7 Å². The van der Waals surface area contributed by atoms with E-state index in [9.17, 15) is 0 Å². The molecule has 0 unspecified atom stereocenters. The van der Waals surface area contributed by atoms with E-state index in [0.29, 0.717) is 52.9 Å². The minimum Gasteiger partial charge on any atom is -0.379 e. The highest BCUT2D eigenvalue weighted by atomic mass is 16.6. The summed E-state index contributed by atoms with van der Waals surface area (Å²) >= 11 is 0. The molecule has 5 heteroatoms. The number of hydrogen-bond donors (Lipinski definition) is 0. The average molecular weight is 320 g/mol. The van der Waals surface area contributed by atoms with Gasteiger partial charge in [-0.05, 0) is 32.6 Å². The molecule has 134 valence electrons. The summed E-state index contributed by atoms with van der Waals surface area (Å²) in [6.07, 6.45) is 2.61. The van der Waals surface area contributed by atoms with Gasteiger partial charge >= 0.3 is 0 Å². The molecule has 0 aromatic rings. The van der Waals surface area contributed by atoms with E-state index in [2.05, 4.69) is 13.8 Å². The van der Waals surface area contributed by atoms with Gasteiger partial charge in [0.1, 0.15) is 0 Å². The number of ether oxygens (including phenoxy) is 5. The third kappa shape index (κ3) is 19.8. The molecule has 0 aliphatic carbocycles. The molecule has 22 heavy (non-hydrogen) atoms. The largest absolute Gasteiger partial charge is 0.379 e. The number of hydrogen-bond acceptors (Lipinski definition) is 5. The van der Waals surface area contributed by atoms with E-state index in [-0.39, 0.29) is 6.10 Å². The quantitative estimate of drug-likeness (QED) is 0.386. The van der Waals surface area contributed by atoms with Crippen LogP contribution in [0.3, 0.4) is 0 Å². The van der Waals surface area contributed by atoms with E-state index in [1.165, 1.54) is 6.42 Å². The van der Waals surface area contributed by atoms with Crippen molar-refractivity contribution >= 4 is 0 Å². The number of rotatable bonds is 17. The molecule has 0 aliphatic heterocycles. The Labute approximate surface area is 136 Å². The van der Waals surface area contributed by atoms with E-state index in [1.54, 1.807) is 0 Å². The van der Waals surface area contributed by atoms with Gasteiger partial charge in [-0.3, -0.25) is 0 Å². The highest BCUT2D eigenvalue weighted by Gasteiger charge is 1.96. The molecule has 0 fully saturated rings. The van der Waals surface area contributed by atoms with E-state index >= 15 is 0 Å². The van der Waals surface area contributed by atoms with E-state index in [1.807, 2.05) is 13.8 Å². The van der Waals surface area contributed by atoms with Crippen LogP contribution in [0.25, 0.3) is 0 Å². The average Bonchev–Trinajstić information content (AvgIpc) is 2.46. The fraction of sp³-hybridized carbons (Fsp3) is 1.00. The maximum atomic E-state index is 5.49. The van der Waals surface area contributed by atoms with E-state index < -0.39 is 0 Å². The Hall–Kier alpha value is -0.200. The summed E-state index contributed by atoms with van der Waals surface area (Å²) in [7, 11) is 0. The van der Waals surface area contributed by atoms with Gasteiger partial charge in [0, 0.05) is 6.61 Å². The zero-order valence-corrected chi connectivity index (χ0v) is 15.0. The molecule has 0 aromatic carbocycles. The Bertz CT molecular complexity index is 187. The lowest BCUT2D eigenvalue weighted by molar-refractivity contribution is -0.0177. The Morgan fingerprint density at radius 3 is 1.36 bits per heavy atom. The lowest BCUT2D eigenvalue weighted by Gasteiger charge is -2.09. The monoisotopic (exact) mass is 320 g/mol. The molecule has 0 amide bonds. The van der Waals surface area contributed by atoms with Crippen LogP contribution in [0.2, 0.25) is 0 Å². The van der Waals surface area contributed by atoms with Crippen molar-refractivity contribution in [3.63, 3.8) is 0 Å². The predicted molar refractivity (Wildman–Crippen MR) is 88.4 cm³/mol. The molecule has 0 radical (unpaired) electrons. The van der Waals surface area contributed by atoms with Crippen LogP contribution in [0.15, 0.2) is 0 Å². The molecule has 0 rings (SSSR count). The van der Waals surface area contributed by atoms with Crippen LogP contribution in [0.4, 0.5) is 0 Å². The summed E-state index contributed by atoms with van der Waals surface area (Å²) in [5.41, 5.74) is 0. The van der Waals surface area contributed by atoms with Gasteiger partial charge in [-0.25, -0.2) is 0 Å². The van der Waals surface area contributed by atoms with Crippen LogP contribution in [0.5, 0.6) is 0 Å². The van der Waals surface area contributed by atoms with Crippen molar-refractivity contribution in [2.24, 2.45) is 5.92 Å². The molecular weight excluding hydrogens is 284 g/mol. The van der Waals surface area contributed by atoms with Crippen molar-refractivity contribution in [2.75, 3.05) is 59.5 Å². The van der Waals surface area contributed by atoms with Gasteiger partial charge in [-0.1, -0.05) is 13.8 Å². The molecule has 0 heterocycles. The molecule has 0 bridgehead atoms. The molecule has 0 aromatic heterocycles. The normalized spacial score (nSPS) is 11.7. The maximum Gasteiger partial charge on any atom is 0.0703 e. The summed E-state index contributed by atoms with van der Waals surface area (Å²) in [6, 6.07) is 0. The summed E-state index contributed by atoms with van der Waals surface area (Å²) in [4.78, 5) is 0. The molecule has 0 aliphatic rings. The Balaban J connectivity index is 2.97. The van der Waals surface area contributed by atoms with Gasteiger partial charge in [0.2, 0.25) is 0 Å². The predicted octanol–water partition coefficient (Wildman–Crippen LogP) is 2.91. The molecule has 5 nitrogen and oxygen atoms in total. The third-order valence-corrected chi connectivity index (χ3v) is 2.87. The third-order valence-electron chi connectivity index (χ3n) is 2.87. The second-order valence-electron chi connectivity index (χ2n) is 5.91. The van der Waals surface area contributed by atoms with Gasteiger partial charge in [-0.15, -0.1) is 0 Å². The molecule has 0 atom stereocenters. The summed E-state index contributed by atoms with van der Waals surface area (Å²) < 4.78 is 27.0. The second kappa shape index (κ2) is 17.2. The Morgan fingerprint density at radius 1 is 0.545 bits per heavy atom. The Morgan fingerprint density at radius 2 is 0.955 bits per heavy atom. The van der Waals surface area contributed by atoms with Crippen molar-refractivity contribution in [3.8, 4) is 0 Å². The fourth-order valence-electron chi connectivity index (χ4n) is 1.70. The lowest BCUT2D eigenvalue weighted by Crippen LogP contribution is -2.14. The molecule has 0 saturated carbocycles. The maximum absolute atomic E-state index is 5.49. The molecule has 0 N–H and O–H groups in total. The van der Waals surface area contributed by atoms with Crippen LogP contribution in [-0.2, 0) is 23.7 Å². The van der Waals surface area contributed by atoms with Crippen molar-refractivity contribution in [3.05, 3.63) is 0 Å². The summed E-state index contributed by atoms with van der Waals surface area (Å²) in [5, 5.41) is 0. The first-order valence-corrected chi connectivity index (χ1v) is 8.55. The molecular formula is C17H36O5. The first kappa shape index (κ1) is 21.8. The smallest absolute Gasteiger partial charge is 0.0703 e. The van der Waals surface area contributed by atoms with Gasteiger partial charge in [0.25, 0.3) is 0 Å². The fourth-order valence-corrected chi connectivity index (χ4v) is 1.70. The van der Waals surface area contributed by atoms with Crippen LogP contribution < -0.4 is 0 Å². The first-order valence-electron chi connectivity index (χ1n) is 8.55. The van der Waals surface area contributed by atoms with Crippen LogP contribution in [-0.4, -0.2) is 65.6 Å². The Kier molecular flexibility index (Phi) is 17.0. The first-order chi connectivity index (χ1) is 10.6. The zero-order valence-electron chi connectivity index (χ0n) is 15.0. The van der Waals surface area contributed by atoms with E-state index in [0.717, 1.165) is 18.9 Å². The minimum atomic E-state index is 0.260. The topological polar surface area (TPSA) is 46.2 Å². The van der Waals surface area contributed by atoms with Crippen LogP contribution in [0.1, 0.15) is 40.5 Å². The molecule has 0 spiro atoms. The van der Waals surface area contributed by atoms with Gasteiger partial charge in [-0.2, -0.15) is 0 Å². The SMILES string of the molecule is CC(C)CCCOCCOCCOCCOCCOC(C)C. The van der Waals surface area contributed by atoms with Gasteiger partial charge in [0.05, 0.1) is 59.0 Å². The summed E-state index contributed by atoms with van der Waals surface area (Å²) in [5.74, 6) is 0.753. The van der Waals surface area contributed by atoms with E-state index in [4.69, 9.17) is 23.7 Å². The highest BCUT2D eigenvalue weighted by Crippen LogP contribution is 2.02. The van der Waals surface area contributed by atoms with Crippen LogP contribution >= 0.6 is 0 Å². The van der Waals surface area contributed by atoms with Crippen molar-refractivity contribution < 1.29 is 23.7 Å². The molecule has 0 saturated heterocycles. The summed E-state index contributed by atoms with van der Waals surface area (Å²) in [6.45, 7) is 14.3. The van der Waals surface area contributed by atoms with Crippen LogP contribution in [0, 0.1) is 5.92 Å². The lowest BCUT2D eigenvalue weighted by atomic mass is 10.1. The highest BCUT2D eigenvalue weighted by molar-refractivity contribution is 4.44. The second-order valence-corrected chi connectivity index (χ2v) is 5.91. The minimum absolute atomic E-state index is 0.260. The van der Waals surface area contributed by atoms with Gasteiger partial charge in [0.15, 0.2) is 0 Å². The zero-order chi connectivity index (χ0) is 16.5. The standard InChI is InChI=1S/C17H36O5/c1-16(2)6-5-7-18-8-9-19-10-11-20-12-13-21-14-15-22-17(3)4/h16-17H,5-15H2,1-4H3. The van der Waals surface area contributed by atoms with Crippen molar-refractivity contribution in [1.29, 1.82) is 0 Å².